The van der Waals surface area contributed by atoms with Crippen LogP contribution in [0.5, 0.6) is 17.2 Å². The number of methoxy groups -OCH3 is 3. The number of carbonyl (C=O) groups excluding carboxylic acids is 1. The largest absolute Gasteiger partial charge is 0.493 e. The number of nitrogens with one attached hydrogen (secondary N) is 1. The molecule has 0 fully saturated rings. The van der Waals surface area contributed by atoms with Crippen molar-refractivity contribution in [3.05, 3.63) is 17.7 Å². The summed E-state index contributed by atoms with van der Waals surface area (Å²) in [4.78, 5) is 11.9. The summed E-state index contributed by atoms with van der Waals surface area (Å²) in [7, 11) is 4.20. The van der Waals surface area contributed by atoms with E-state index in [-0.39, 0.29) is 29.5 Å². The minimum atomic E-state index is -3.16. The molecule has 22 heavy (non-hydrogen) atoms. The van der Waals surface area contributed by atoms with E-state index in [1.807, 2.05) is 0 Å². The molecule has 0 heterocycles. The Labute approximate surface area is 133 Å². The van der Waals surface area contributed by atoms with Crippen molar-refractivity contribution in [3.8, 4) is 17.2 Å². The van der Waals surface area contributed by atoms with Crippen molar-refractivity contribution in [1.82, 2.24) is 5.32 Å². The lowest BCUT2D eigenvalue weighted by Gasteiger charge is -2.16. The van der Waals surface area contributed by atoms with Crippen LogP contribution in [0.3, 0.4) is 0 Å². The maximum absolute atomic E-state index is 13.0. The van der Waals surface area contributed by atoms with Crippen molar-refractivity contribution in [3.63, 3.8) is 0 Å². The lowest BCUT2D eigenvalue weighted by atomic mass is 10.1. The van der Waals surface area contributed by atoms with Crippen LogP contribution in [0, 0.1) is 0 Å². The smallest absolute Gasteiger partial charge is 0.277 e. The van der Waals surface area contributed by atoms with Crippen LogP contribution in [-0.2, 0) is 0 Å². The summed E-state index contributed by atoms with van der Waals surface area (Å²) in [5.41, 5.74) is 5.01. The molecule has 0 unspecified atom stereocenters. The fraction of sp³-hybridized carbons (Fsp3) is 0.462. The highest BCUT2D eigenvalue weighted by atomic mass is 35.5. The summed E-state index contributed by atoms with van der Waals surface area (Å²) in [6.45, 7) is -1.69. The molecule has 0 bridgehead atoms. The molecule has 0 aliphatic carbocycles. The molecule has 6 nitrogen and oxygen atoms in total. The second-order valence-electron chi connectivity index (χ2n) is 4.16. The fourth-order valence-electron chi connectivity index (χ4n) is 1.60. The Morgan fingerprint density at radius 1 is 1.18 bits per heavy atom. The molecule has 0 spiro atoms. The second kappa shape index (κ2) is 8.60. The quantitative estimate of drug-likeness (QED) is 0.785. The Hall–Kier alpha value is -1.80. The van der Waals surface area contributed by atoms with Gasteiger partial charge in [0.15, 0.2) is 11.5 Å². The first-order valence-corrected chi connectivity index (χ1v) is 6.04. The lowest BCUT2D eigenvalue weighted by molar-refractivity contribution is 0.0118. The number of ether oxygens (including phenoxy) is 3. The molecule has 0 radical (unpaired) electrons. The standard InChI is InChI=1S/C13H18F2N2O4.ClH/c1-19-9-4-8(5-10(20-2)11(9)21-3)12(18)17-7-13(14,15)6-16;/h4-5H,6-7,16H2,1-3H3,(H,17,18);1H. The molecular weight excluding hydrogens is 322 g/mol. The fourth-order valence-corrected chi connectivity index (χ4v) is 1.60. The number of hydrogen-bond acceptors (Lipinski definition) is 5. The van der Waals surface area contributed by atoms with E-state index in [0.717, 1.165) is 0 Å². The molecule has 0 aromatic heterocycles. The van der Waals surface area contributed by atoms with Gasteiger partial charge in [-0.25, -0.2) is 8.78 Å². The summed E-state index contributed by atoms with van der Waals surface area (Å²) >= 11 is 0. The Morgan fingerprint density at radius 2 is 1.68 bits per heavy atom. The van der Waals surface area contributed by atoms with E-state index in [2.05, 4.69) is 5.32 Å². The first-order valence-electron chi connectivity index (χ1n) is 6.04. The van der Waals surface area contributed by atoms with Gasteiger partial charge in [-0.2, -0.15) is 0 Å². The van der Waals surface area contributed by atoms with E-state index >= 15 is 0 Å². The van der Waals surface area contributed by atoms with Crippen molar-refractivity contribution in [1.29, 1.82) is 0 Å². The van der Waals surface area contributed by atoms with Gasteiger partial charge in [0.05, 0.1) is 34.4 Å². The molecule has 126 valence electrons. The molecule has 1 aromatic rings. The maximum Gasteiger partial charge on any atom is 0.277 e. The van der Waals surface area contributed by atoms with Crippen LogP contribution < -0.4 is 25.3 Å². The van der Waals surface area contributed by atoms with E-state index in [1.54, 1.807) is 0 Å². The zero-order valence-electron chi connectivity index (χ0n) is 12.4. The third-order valence-electron chi connectivity index (χ3n) is 2.73. The normalized spacial score (nSPS) is 10.5. The third-order valence-corrected chi connectivity index (χ3v) is 2.73. The molecule has 3 N–H and O–H groups in total. The molecule has 1 rings (SSSR count). The minimum absolute atomic E-state index is 0. The average molecular weight is 341 g/mol. The molecule has 0 aliphatic rings. The number of nitrogens with two attached hydrogens (primary N) is 1. The van der Waals surface area contributed by atoms with Gasteiger partial charge in [-0.05, 0) is 12.1 Å². The summed E-state index contributed by atoms with van der Waals surface area (Å²) in [5.74, 6) is -3.03. The highest BCUT2D eigenvalue weighted by molar-refractivity contribution is 5.95. The second-order valence-corrected chi connectivity index (χ2v) is 4.16. The van der Waals surface area contributed by atoms with Crippen molar-refractivity contribution in [2.45, 2.75) is 5.92 Å². The number of halogens is 3. The van der Waals surface area contributed by atoms with Crippen LogP contribution in [0.25, 0.3) is 0 Å². The van der Waals surface area contributed by atoms with Gasteiger partial charge in [-0.1, -0.05) is 0 Å². The number of carbonyl (C=O) groups is 1. The van der Waals surface area contributed by atoms with Crippen LogP contribution in [-0.4, -0.2) is 46.2 Å². The van der Waals surface area contributed by atoms with Gasteiger partial charge in [0.2, 0.25) is 5.75 Å². The van der Waals surface area contributed by atoms with Gasteiger partial charge >= 0.3 is 0 Å². The maximum atomic E-state index is 13.0. The molecule has 0 aliphatic heterocycles. The monoisotopic (exact) mass is 340 g/mol. The third kappa shape index (κ3) is 4.88. The van der Waals surface area contributed by atoms with Crippen molar-refractivity contribution < 1.29 is 27.8 Å². The predicted molar refractivity (Wildman–Crippen MR) is 79.7 cm³/mol. The Kier molecular flexibility index (Phi) is 7.89. The van der Waals surface area contributed by atoms with Crippen molar-refractivity contribution in [2.24, 2.45) is 5.73 Å². The van der Waals surface area contributed by atoms with Crippen molar-refractivity contribution >= 4 is 18.3 Å². The first kappa shape index (κ1) is 20.2. The van der Waals surface area contributed by atoms with Crippen LogP contribution >= 0.6 is 12.4 Å². The van der Waals surface area contributed by atoms with Gasteiger partial charge in [-0.3, -0.25) is 4.79 Å². The molecular formula is C13H19ClF2N2O4. The summed E-state index contributed by atoms with van der Waals surface area (Å²) in [6, 6.07) is 2.74. The minimum Gasteiger partial charge on any atom is -0.493 e. The average Bonchev–Trinajstić information content (AvgIpc) is 2.50. The SMILES string of the molecule is COc1cc(C(=O)NCC(F)(F)CN)cc(OC)c1OC.Cl. The lowest BCUT2D eigenvalue weighted by Crippen LogP contribution is -2.41. The Balaban J connectivity index is 0.00000441. The Morgan fingerprint density at radius 3 is 2.05 bits per heavy atom. The van der Waals surface area contributed by atoms with E-state index in [0.29, 0.717) is 5.75 Å². The van der Waals surface area contributed by atoms with Crippen LogP contribution in [0.15, 0.2) is 12.1 Å². The zero-order chi connectivity index (χ0) is 16.0. The van der Waals surface area contributed by atoms with Crippen LogP contribution in [0.1, 0.15) is 10.4 Å². The molecule has 1 amide bonds. The van der Waals surface area contributed by atoms with Crippen LogP contribution in [0.4, 0.5) is 8.78 Å². The summed E-state index contributed by atoms with van der Waals surface area (Å²) in [6.07, 6.45) is 0. The number of amides is 1. The topological polar surface area (TPSA) is 82.8 Å². The van der Waals surface area contributed by atoms with Gasteiger partial charge in [0.1, 0.15) is 0 Å². The molecule has 0 saturated carbocycles. The molecule has 0 saturated heterocycles. The first-order chi connectivity index (χ1) is 9.88. The highest BCUT2D eigenvalue weighted by Gasteiger charge is 2.27. The van der Waals surface area contributed by atoms with Crippen LogP contribution in [0.2, 0.25) is 0 Å². The van der Waals surface area contributed by atoms with E-state index in [9.17, 15) is 13.6 Å². The zero-order valence-corrected chi connectivity index (χ0v) is 13.3. The van der Waals surface area contributed by atoms with E-state index in [4.69, 9.17) is 19.9 Å². The van der Waals surface area contributed by atoms with Gasteiger partial charge in [-0.15, -0.1) is 12.4 Å². The molecule has 1 aromatic carbocycles. The summed E-state index contributed by atoms with van der Waals surface area (Å²) < 4.78 is 41.3. The van der Waals surface area contributed by atoms with Gasteiger partial charge < -0.3 is 25.3 Å². The summed E-state index contributed by atoms with van der Waals surface area (Å²) in [5, 5.41) is 2.11. The number of hydrogen-bond donors (Lipinski definition) is 2. The van der Waals surface area contributed by atoms with Crippen molar-refractivity contribution in [2.75, 3.05) is 34.4 Å². The van der Waals surface area contributed by atoms with Gasteiger partial charge in [0, 0.05) is 5.56 Å². The predicted octanol–water partition coefficient (Wildman–Crippen LogP) is 1.46. The number of alkyl halides is 2. The van der Waals surface area contributed by atoms with E-state index in [1.165, 1.54) is 33.5 Å². The molecule has 0 atom stereocenters. The Bertz CT molecular complexity index is 490. The number of rotatable bonds is 7. The van der Waals surface area contributed by atoms with Gasteiger partial charge in [0.25, 0.3) is 11.8 Å². The highest BCUT2D eigenvalue weighted by Crippen LogP contribution is 2.38. The van der Waals surface area contributed by atoms with E-state index < -0.39 is 24.9 Å². The number of benzene rings is 1. The molecule has 9 heteroatoms.